The summed E-state index contributed by atoms with van der Waals surface area (Å²) in [6, 6.07) is 12.9. The summed E-state index contributed by atoms with van der Waals surface area (Å²) < 4.78 is 40.0. The average Bonchev–Trinajstić information content (AvgIpc) is 2.69. The summed E-state index contributed by atoms with van der Waals surface area (Å²) in [5, 5.41) is 5.44. The summed E-state index contributed by atoms with van der Waals surface area (Å²) in [4.78, 5) is 16.3. The molecule has 2 N–H and O–H groups in total. The van der Waals surface area contributed by atoms with Crippen LogP contribution in [0.3, 0.4) is 0 Å². The lowest BCUT2D eigenvalue weighted by molar-refractivity contribution is 0.102. The van der Waals surface area contributed by atoms with E-state index >= 15 is 0 Å². The van der Waals surface area contributed by atoms with Gasteiger partial charge in [0.2, 0.25) is 0 Å². The molecule has 1 heterocycles. The minimum Gasteiger partial charge on any atom is -0.377 e. The van der Waals surface area contributed by atoms with Crippen LogP contribution in [0.5, 0.6) is 0 Å². The van der Waals surface area contributed by atoms with Crippen LogP contribution in [0.15, 0.2) is 60.9 Å². The summed E-state index contributed by atoms with van der Waals surface area (Å²) in [6.45, 7) is 1.96. The van der Waals surface area contributed by atoms with E-state index in [0.29, 0.717) is 5.69 Å². The Hall–Kier alpha value is -3.35. The molecule has 0 spiro atoms. The largest absolute Gasteiger partial charge is 0.377 e. The molecule has 7 heteroatoms. The van der Waals surface area contributed by atoms with Crippen molar-refractivity contribution < 1.29 is 18.0 Å². The molecule has 1 aromatic heterocycles. The number of rotatable bonds is 5. The SMILES string of the molecule is CC(Nc1cncc(C(=O)Nc2ccc(F)c(F)c2F)c1)c1ccccc1. The van der Waals surface area contributed by atoms with Gasteiger partial charge in [-0.15, -0.1) is 0 Å². The van der Waals surface area contributed by atoms with Crippen LogP contribution in [-0.2, 0) is 0 Å². The number of amides is 1. The number of aromatic nitrogens is 1. The molecule has 27 heavy (non-hydrogen) atoms. The van der Waals surface area contributed by atoms with Gasteiger partial charge in [0.25, 0.3) is 5.91 Å². The van der Waals surface area contributed by atoms with Gasteiger partial charge in [0, 0.05) is 18.4 Å². The first-order chi connectivity index (χ1) is 13.0. The van der Waals surface area contributed by atoms with Gasteiger partial charge in [0.05, 0.1) is 16.9 Å². The van der Waals surface area contributed by atoms with Gasteiger partial charge in [-0.2, -0.15) is 0 Å². The van der Waals surface area contributed by atoms with Crippen molar-refractivity contribution in [3.05, 3.63) is 89.5 Å². The fourth-order valence-electron chi connectivity index (χ4n) is 2.54. The van der Waals surface area contributed by atoms with E-state index in [2.05, 4.69) is 15.6 Å². The van der Waals surface area contributed by atoms with Crippen LogP contribution >= 0.6 is 0 Å². The van der Waals surface area contributed by atoms with Crippen molar-refractivity contribution >= 4 is 17.3 Å². The highest BCUT2D eigenvalue weighted by molar-refractivity contribution is 6.04. The highest BCUT2D eigenvalue weighted by Crippen LogP contribution is 2.22. The smallest absolute Gasteiger partial charge is 0.257 e. The molecular formula is C20H16F3N3O. The van der Waals surface area contributed by atoms with Crippen molar-refractivity contribution in [3.63, 3.8) is 0 Å². The van der Waals surface area contributed by atoms with Gasteiger partial charge in [0.15, 0.2) is 17.5 Å². The second kappa shape index (κ2) is 7.90. The van der Waals surface area contributed by atoms with Crippen LogP contribution in [0.4, 0.5) is 24.5 Å². The monoisotopic (exact) mass is 371 g/mol. The Kier molecular flexibility index (Phi) is 5.40. The van der Waals surface area contributed by atoms with Crippen molar-refractivity contribution in [3.8, 4) is 0 Å². The molecule has 2 aromatic carbocycles. The first-order valence-electron chi connectivity index (χ1n) is 8.17. The minimum absolute atomic E-state index is 0.0325. The van der Waals surface area contributed by atoms with E-state index in [4.69, 9.17) is 0 Å². The fraction of sp³-hybridized carbons (Fsp3) is 0.100. The maximum Gasteiger partial charge on any atom is 0.257 e. The predicted octanol–water partition coefficient (Wildman–Crippen LogP) is 4.92. The molecule has 0 saturated heterocycles. The van der Waals surface area contributed by atoms with Crippen LogP contribution in [0.2, 0.25) is 0 Å². The van der Waals surface area contributed by atoms with E-state index in [1.807, 2.05) is 37.3 Å². The molecule has 0 saturated carbocycles. The Labute approximate surface area is 154 Å². The lowest BCUT2D eigenvalue weighted by Gasteiger charge is -2.16. The number of halogens is 3. The van der Waals surface area contributed by atoms with Crippen molar-refractivity contribution in [1.82, 2.24) is 4.98 Å². The highest BCUT2D eigenvalue weighted by atomic mass is 19.2. The molecular weight excluding hydrogens is 355 g/mol. The van der Waals surface area contributed by atoms with Crippen molar-refractivity contribution in [1.29, 1.82) is 0 Å². The quantitative estimate of drug-likeness (QED) is 0.626. The van der Waals surface area contributed by atoms with Crippen LogP contribution in [0, 0.1) is 17.5 Å². The number of carbonyl (C=O) groups excluding carboxylic acids is 1. The highest BCUT2D eigenvalue weighted by Gasteiger charge is 2.16. The van der Waals surface area contributed by atoms with Crippen LogP contribution in [0.25, 0.3) is 0 Å². The Balaban J connectivity index is 1.75. The third-order valence-corrected chi connectivity index (χ3v) is 3.97. The van der Waals surface area contributed by atoms with Crippen molar-refractivity contribution in [2.75, 3.05) is 10.6 Å². The van der Waals surface area contributed by atoms with E-state index in [1.165, 1.54) is 6.20 Å². The van der Waals surface area contributed by atoms with Gasteiger partial charge in [-0.3, -0.25) is 9.78 Å². The van der Waals surface area contributed by atoms with Crippen LogP contribution < -0.4 is 10.6 Å². The molecule has 3 rings (SSSR count). The van der Waals surface area contributed by atoms with Gasteiger partial charge in [-0.05, 0) is 30.7 Å². The average molecular weight is 371 g/mol. The second-order valence-corrected chi connectivity index (χ2v) is 5.92. The first kappa shape index (κ1) is 18.4. The fourth-order valence-corrected chi connectivity index (χ4v) is 2.54. The molecule has 3 aromatic rings. The lowest BCUT2D eigenvalue weighted by atomic mass is 10.1. The molecule has 0 aliphatic carbocycles. The number of benzene rings is 2. The summed E-state index contributed by atoms with van der Waals surface area (Å²) >= 11 is 0. The van der Waals surface area contributed by atoms with E-state index in [9.17, 15) is 18.0 Å². The summed E-state index contributed by atoms with van der Waals surface area (Å²) in [6.07, 6.45) is 2.85. The third kappa shape index (κ3) is 4.25. The predicted molar refractivity (Wildman–Crippen MR) is 97.0 cm³/mol. The molecule has 138 valence electrons. The summed E-state index contributed by atoms with van der Waals surface area (Å²) in [5.74, 6) is -5.11. The molecule has 1 unspecified atom stereocenters. The Morgan fingerprint density at radius 2 is 1.74 bits per heavy atom. The summed E-state index contributed by atoms with van der Waals surface area (Å²) in [7, 11) is 0. The second-order valence-electron chi connectivity index (χ2n) is 5.92. The minimum atomic E-state index is -1.64. The van der Waals surface area contributed by atoms with E-state index in [-0.39, 0.29) is 11.6 Å². The molecule has 0 bridgehead atoms. The number of nitrogens with one attached hydrogen (secondary N) is 2. The maximum atomic E-state index is 13.7. The maximum absolute atomic E-state index is 13.7. The number of hydrogen-bond donors (Lipinski definition) is 2. The van der Waals surface area contributed by atoms with Crippen LogP contribution in [-0.4, -0.2) is 10.9 Å². The first-order valence-corrected chi connectivity index (χ1v) is 8.17. The Bertz CT molecular complexity index is 964. The summed E-state index contributed by atoms with van der Waals surface area (Å²) in [5.41, 5.74) is 1.33. The molecule has 1 atom stereocenters. The molecule has 4 nitrogen and oxygen atoms in total. The zero-order chi connectivity index (χ0) is 19.4. The van der Waals surface area contributed by atoms with E-state index in [0.717, 1.165) is 17.7 Å². The number of anilines is 2. The molecule has 1 amide bonds. The van der Waals surface area contributed by atoms with Crippen molar-refractivity contribution in [2.45, 2.75) is 13.0 Å². The third-order valence-electron chi connectivity index (χ3n) is 3.97. The van der Waals surface area contributed by atoms with Gasteiger partial charge in [-0.25, -0.2) is 13.2 Å². The molecule has 0 aliphatic rings. The Morgan fingerprint density at radius 3 is 2.48 bits per heavy atom. The number of carbonyl (C=O) groups is 1. The Morgan fingerprint density at radius 1 is 1.00 bits per heavy atom. The van der Waals surface area contributed by atoms with Gasteiger partial charge in [-0.1, -0.05) is 30.3 Å². The standard InChI is InChI=1S/C20H16F3N3O/c1-12(13-5-3-2-4-6-13)25-15-9-14(10-24-11-15)20(27)26-17-8-7-16(21)18(22)19(17)23/h2-12,25H,1H3,(H,26,27). The van der Waals surface area contributed by atoms with E-state index < -0.39 is 29.0 Å². The van der Waals surface area contributed by atoms with Crippen molar-refractivity contribution in [2.24, 2.45) is 0 Å². The van der Waals surface area contributed by atoms with Crippen LogP contribution in [0.1, 0.15) is 28.9 Å². The van der Waals surface area contributed by atoms with E-state index in [1.54, 1.807) is 12.3 Å². The number of hydrogen-bond acceptors (Lipinski definition) is 3. The zero-order valence-corrected chi connectivity index (χ0v) is 14.3. The number of pyridine rings is 1. The topological polar surface area (TPSA) is 54.0 Å². The van der Waals surface area contributed by atoms with Gasteiger partial charge >= 0.3 is 0 Å². The lowest BCUT2D eigenvalue weighted by Crippen LogP contribution is -2.15. The normalized spacial score (nSPS) is 11.7. The number of nitrogens with zero attached hydrogens (tertiary/aromatic N) is 1. The molecule has 0 fully saturated rings. The van der Waals surface area contributed by atoms with Gasteiger partial charge in [0.1, 0.15) is 0 Å². The zero-order valence-electron chi connectivity index (χ0n) is 14.3. The van der Waals surface area contributed by atoms with Gasteiger partial charge < -0.3 is 10.6 Å². The molecule has 0 radical (unpaired) electrons. The molecule has 0 aliphatic heterocycles.